The van der Waals surface area contributed by atoms with Gasteiger partial charge in [0.25, 0.3) is 26.1 Å². The third-order valence-electron chi connectivity index (χ3n) is 9.19. The van der Waals surface area contributed by atoms with Gasteiger partial charge in [-0.2, -0.15) is 25.3 Å². The summed E-state index contributed by atoms with van der Waals surface area (Å²) in [6.07, 6.45) is 0.323. The second kappa shape index (κ2) is 15.1. The monoisotopic (exact) mass is 841 g/mol. The van der Waals surface area contributed by atoms with E-state index in [1.807, 2.05) is 0 Å². The molecule has 0 atom stereocenters. The predicted molar refractivity (Wildman–Crippen MR) is 206 cm³/mol. The van der Waals surface area contributed by atoms with Crippen molar-refractivity contribution in [2.24, 2.45) is 0 Å². The molecule has 0 heterocycles. The summed E-state index contributed by atoms with van der Waals surface area (Å²) in [6, 6.07) is 15.2. The Morgan fingerprint density at radius 3 is 1.27 bits per heavy atom. The molecule has 8 bridgehead atoms. The molecule has 56 heavy (non-hydrogen) atoms. The predicted octanol–water partition coefficient (Wildman–Crippen LogP) is 5.37. The Hall–Kier alpha value is -5.11. The first-order valence-corrected chi connectivity index (χ1v) is 22.1. The van der Waals surface area contributed by atoms with E-state index in [-0.39, 0.29) is 92.1 Å². The van der Waals surface area contributed by atoms with Gasteiger partial charge >= 0.3 is 10.1 Å². The summed E-state index contributed by atoms with van der Waals surface area (Å²) >= 11 is 1.05. The summed E-state index contributed by atoms with van der Waals surface area (Å²) < 4.78 is 107. The number of benzene rings is 5. The van der Waals surface area contributed by atoms with Crippen molar-refractivity contribution in [3.05, 3.63) is 134 Å². The summed E-state index contributed by atoms with van der Waals surface area (Å²) in [5.41, 5.74) is 1.67. The van der Waals surface area contributed by atoms with Gasteiger partial charge in [-0.3, -0.25) is 18.6 Å². The van der Waals surface area contributed by atoms with Crippen molar-refractivity contribution < 1.29 is 58.7 Å². The van der Waals surface area contributed by atoms with Gasteiger partial charge in [0.15, 0.2) is 0 Å². The van der Waals surface area contributed by atoms with Crippen molar-refractivity contribution >= 4 is 48.2 Å². The zero-order chi connectivity index (χ0) is 40.9. The molecule has 294 valence electrons. The molecule has 0 radical (unpaired) electrons. The molecule has 0 fully saturated rings. The van der Waals surface area contributed by atoms with Gasteiger partial charge in [0.1, 0.15) is 27.9 Å². The first kappa shape index (κ1) is 40.6. The van der Waals surface area contributed by atoms with E-state index in [2.05, 4.69) is 4.72 Å². The van der Waals surface area contributed by atoms with Crippen LogP contribution in [0.15, 0.2) is 87.5 Å². The fraction of sp³-hybridized carbons (Fsp3) is 0.184. The summed E-state index contributed by atoms with van der Waals surface area (Å²) in [7, 11) is -14.4. The number of hydrogen-bond acceptors (Lipinski definition) is 12. The van der Waals surface area contributed by atoms with E-state index < -0.39 is 57.6 Å². The summed E-state index contributed by atoms with van der Waals surface area (Å²) in [5, 5.41) is 34.7. The topological polar surface area (TPSA) is 242 Å². The number of amides is 1. The first-order valence-electron chi connectivity index (χ1n) is 16.6. The zero-order valence-corrected chi connectivity index (χ0v) is 33.2. The highest BCUT2D eigenvalue weighted by Crippen LogP contribution is 2.41. The lowest BCUT2D eigenvalue weighted by molar-refractivity contribution is 0.0984. The minimum Gasteiger partial charge on any atom is -0.507 e. The molecule has 5 aromatic carbocycles. The molecule has 0 unspecified atom stereocenters. The molecule has 6 rings (SSSR count). The van der Waals surface area contributed by atoms with E-state index in [1.54, 1.807) is 32.2 Å². The average molecular weight is 842 g/mol. The van der Waals surface area contributed by atoms with Crippen molar-refractivity contribution in [3.8, 4) is 23.0 Å². The fourth-order valence-corrected chi connectivity index (χ4v) is 9.17. The Morgan fingerprint density at radius 1 is 0.571 bits per heavy atom. The van der Waals surface area contributed by atoms with Crippen molar-refractivity contribution in [1.82, 2.24) is 4.72 Å². The summed E-state index contributed by atoms with van der Waals surface area (Å²) in [6.45, 7) is 3.35. The van der Waals surface area contributed by atoms with E-state index in [4.69, 9.17) is 4.18 Å². The normalized spacial score (nSPS) is 13.2. The second-order valence-electron chi connectivity index (χ2n) is 13.4. The molecular weight excluding hydrogens is 807 g/mol. The fourth-order valence-electron chi connectivity index (χ4n) is 6.70. The van der Waals surface area contributed by atoms with E-state index in [1.165, 1.54) is 24.3 Å². The number of rotatable bonds is 7. The Kier molecular flexibility index (Phi) is 10.9. The smallest absolute Gasteiger partial charge is 0.339 e. The van der Waals surface area contributed by atoms with Crippen LogP contribution >= 0.6 is 11.9 Å². The molecular formula is C38H35NO13S4. The highest BCUT2D eigenvalue weighted by molar-refractivity contribution is 7.97. The van der Waals surface area contributed by atoms with Gasteiger partial charge in [-0.25, -0.2) is 0 Å². The van der Waals surface area contributed by atoms with Crippen LogP contribution in [0.3, 0.4) is 0 Å². The van der Waals surface area contributed by atoms with Crippen LogP contribution in [-0.4, -0.2) is 61.8 Å². The molecule has 14 nitrogen and oxygen atoms in total. The number of phenols is 3. The average Bonchev–Trinajstić information content (AvgIpc) is 3.10. The molecule has 0 spiro atoms. The maximum absolute atomic E-state index is 13.9. The SMILES string of the molecule is CSNC(=O)c1ccc(S(=O)(=O)Oc2c3cc(C)cc2Cc2cc(S(=O)(=O)O)cc(c2O)Cc2cc(C)cc(c2O)Cc2cc(S(=O)(=O)O)cc(c2O)C3)cc1. The number of nitrogens with one attached hydrogen (secondary N) is 1. The van der Waals surface area contributed by atoms with Gasteiger partial charge in [0.2, 0.25) is 0 Å². The molecule has 0 saturated carbocycles. The van der Waals surface area contributed by atoms with E-state index in [0.29, 0.717) is 11.1 Å². The van der Waals surface area contributed by atoms with Crippen molar-refractivity contribution in [3.63, 3.8) is 0 Å². The van der Waals surface area contributed by atoms with E-state index >= 15 is 0 Å². The number of aromatic hydroxyl groups is 3. The van der Waals surface area contributed by atoms with Crippen LogP contribution in [0.25, 0.3) is 0 Å². The van der Waals surface area contributed by atoms with Gasteiger partial charge in [-0.1, -0.05) is 47.3 Å². The van der Waals surface area contributed by atoms with Gasteiger partial charge in [0, 0.05) is 70.9 Å². The number of carbonyl (C=O) groups is 1. The van der Waals surface area contributed by atoms with Crippen LogP contribution in [0.4, 0.5) is 0 Å². The summed E-state index contributed by atoms with van der Waals surface area (Å²) in [5.74, 6) is -1.92. The third kappa shape index (κ3) is 8.49. The highest BCUT2D eigenvalue weighted by atomic mass is 32.2. The minimum absolute atomic E-state index is 0.0267. The van der Waals surface area contributed by atoms with Crippen LogP contribution in [0.5, 0.6) is 23.0 Å². The molecule has 1 aliphatic rings. The molecule has 1 aliphatic carbocycles. The molecule has 5 aromatic rings. The lowest BCUT2D eigenvalue weighted by Crippen LogP contribution is -2.16. The van der Waals surface area contributed by atoms with Crippen LogP contribution in [0.2, 0.25) is 0 Å². The minimum atomic E-state index is -4.87. The standard InChI is InChI=1S/C38H35NO13S4/c1-20-8-23-12-25-16-32(54(44,45)46)18-27(35(25)41)14-29-10-21(2)11-30(37(29)52-56(50,51)31-6-4-22(5-7-31)38(43)39-53-3)15-28-19-33(55(47,48)49)17-26(36(28)42)13-24(9-20)34(23)40/h4-11,16-19,40-42H,12-15H2,1-3H3,(H,39,43)(H,44,45,46)(H,47,48,49). The largest absolute Gasteiger partial charge is 0.507 e. The molecule has 6 N–H and O–H groups in total. The van der Waals surface area contributed by atoms with Crippen molar-refractivity contribution in [2.45, 2.75) is 54.2 Å². The van der Waals surface area contributed by atoms with Crippen molar-refractivity contribution in [1.29, 1.82) is 0 Å². The number of fused-ring (bicyclic) bond motifs is 8. The van der Waals surface area contributed by atoms with Gasteiger partial charge in [-0.15, -0.1) is 0 Å². The van der Waals surface area contributed by atoms with E-state index in [0.717, 1.165) is 48.3 Å². The van der Waals surface area contributed by atoms with Crippen molar-refractivity contribution in [2.75, 3.05) is 6.26 Å². The second-order valence-corrected chi connectivity index (χ2v) is 18.4. The lowest BCUT2D eigenvalue weighted by Gasteiger charge is -2.21. The number of hydrogen-bond donors (Lipinski definition) is 6. The maximum Gasteiger partial charge on any atom is 0.339 e. The molecule has 1 amide bonds. The highest BCUT2D eigenvalue weighted by Gasteiger charge is 2.27. The molecule has 0 aromatic heterocycles. The van der Waals surface area contributed by atoms with Crippen LogP contribution < -0.4 is 8.91 Å². The molecule has 18 heteroatoms. The number of aryl methyl sites for hydroxylation is 2. The molecule has 0 aliphatic heterocycles. The Bertz CT molecular complexity index is 2630. The van der Waals surface area contributed by atoms with Crippen LogP contribution in [0.1, 0.15) is 66.0 Å². The van der Waals surface area contributed by atoms with Crippen LogP contribution in [-0.2, 0) is 56.0 Å². The number of carbonyl (C=O) groups excluding carboxylic acids is 1. The lowest BCUT2D eigenvalue weighted by atomic mass is 9.90. The Labute approximate surface area is 327 Å². The van der Waals surface area contributed by atoms with Gasteiger partial charge < -0.3 is 19.5 Å². The number of phenolic OH excluding ortho intramolecular Hbond substituents is 3. The quantitative estimate of drug-likeness (QED) is 0.0674. The zero-order valence-electron chi connectivity index (χ0n) is 29.9. The van der Waals surface area contributed by atoms with Crippen LogP contribution in [0, 0.1) is 13.8 Å². The van der Waals surface area contributed by atoms with E-state index in [9.17, 15) is 54.5 Å². The van der Waals surface area contributed by atoms with Gasteiger partial charge in [-0.05, 0) is 73.5 Å². The van der Waals surface area contributed by atoms with Gasteiger partial charge in [0.05, 0.1) is 9.79 Å². The maximum atomic E-state index is 13.9. The summed E-state index contributed by atoms with van der Waals surface area (Å²) in [4.78, 5) is 10.8. The first-order chi connectivity index (χ1) is 26.1. The Balaban J connectivity index is 1.64. The molecule has 0 saturated heterocycles. The Morgan fingerprint density at radius 2 is 0.911 bits per heavy atom. The third-order valence-corrected chi connectivity index (χ3v) is 12.5.